The van der Waals surface area contributed by atoms with Crippen LogP contribution in [0, 0.1) is 17.1 Å². The quantitative estimate of drug-likeness (QED) is 0.453. The number of hydrogen-bond acceptors (Lipinski definition) is 4. The predicted molar refractivity (Wildman–Crippen MR) is 123 cm³/mol. The molecule has 0 aromatic heterocycles. The Morgan fingerprint density at radius 1 is 0.968 bits per heavy atom. The molecule has 31 heavy (non-hydrogen) atoms. The number of nitriles is 1. The van der Waals surface area contributed by atoms with Crippen molar-refractivity contribution in [3.8, 4) is 11.8 Å². The zero-order valence-electron chi connectivity index (χ0n) is 18.6. The first-order chi connectivity index (χ1) is 15.2. The first kappa shape index (κ1) is 23.2. The second kappa shape index (κ2) is 12.4. The van der Waals surface area contributed by atoms with Crippen LogP contribution >= 0.6 is 0 Å². The summed E-state index contributed by atoms with van der Waals surface area (Å²) >= 11 is 0. The summed E-state index contributed by atoms with van der Waals surface area (Å²) in [5.74, 6) is 0.475. The monoisotopic (exact) mass is 423 g/mol. The minimum absolute atomic E-state index is 0.241. The summed E-state index contributed by atoms with van der Waals surface area (Å²) in [6.07, 6.45) is 6.23. The van der Waals surface area contributed by atoms with E-state index in [1.807, 2.05) is 12.1 Å². The maximum atomic E-state index is 13.0. The van der Waals surface area contributed by atoms with E-state index in [2.05, 4.69) is 34.9 Å². The molecule has 1 atom stereocenters. The second-order valence-corrected chi connectivity index (χ2v) is 8.28. The number of rotatable bonds is 11. The van der Waals surface area contributed by atoms with Gasteiger partial charge in [-0.1, -0.05) is 44.7 Å². The van der Waals surface area contributed by atoms with Gasteiger partial charge in [0.15, 0.2) is 0 Å². The number of benzene rings is 2. The van der Waals surface area contributed by atoms with Crippen LogP contribution in [-0.4, -0.2) is 49.1 Å². The van der Waals surface area contributed by atoms with E-state index in [0.29, 0.717) is 18.4 Å². The van der Waals surface area contributed by atoms with E-state index >= 15 is 0 Å². The zero-order valence-corrected chi connectivity index (χ0v) is 18.6. The van der Waals surface area contributed by atoms with Crippen molar-refractivity contribution in [1.82, 2.24) is 9.80 Å². The molecule has 1 aliphatic heterocycles. The molecule has 166 valence electrons. The fraction of sp³-hybridized carbons (Fsp3) is 0.500. The maximum Gasteiger partial charge on any atom is 0.123 e. The standard InChI is InChI=1S/C26H34FN3O/c1-2-3-4-5-6-26(23-9-7-22(21-28)8-10-23)30-17-15-29(16-18-30)19-20-31-25-13-11-24(27)12-14-25/h7-14,26H,2-6,15-20H2,1H3. The Bertz CT molecular complexity index is 808. The molecule has 0 aliphatic carbocycles. The normalized spacial score (nSPS) is 16.0. The van der Waals surface area contributed by atoms with Gasteiger partial charge in [-0.25, -0.2) is 4.39 Å². The van der Waals surface area contributed by atoms with Gasteiger partial charge in [-0.15, -0.1) is 0 Å². The SMILES string of the molecule is CCCCCCC(c1ccc(C#N)cc1)N1CCN(CCOc2ccc(F)cc2)CC1. The molecule has 4 nitrogen and oxygen atoms in total. The Hall–Kier alpha value is -2.42. The van der Waals surface area contributed by atoms with Crippen LogP contribution in [0.5, 0.6) is 5.75 Å². The molecule has 0 radical (unpaired) electrons. The van der Waals surface area contributed by atoms with Gasteiger partial charge >= 0.3 is 0 Å². The maximum absolute atomic E-state index is 13.0. The molecule has 3 rings (SSSR count). The summed E-state index contributed by atoms with van der Waals surface area (Å²) in [7, 11) is 0. The predicted octanol–water partition coefficient (Wildman–Crippen LogP) is 5.41. The van der Waals surface area contributed by atoms with E-state index in [1.54, 1.807) is 12.1 Å². The fourth-order valence-corrected chi connectivity index (χ4v) is 4.23. The summed E-state index contributed by atoms with van der Waals surface area (Å²) in [5, 5.41) is 9.11. The molecule has 0 N–H and O–H groups in total. The van der Waals surface area contributed by atoms with Gasteiger partial charge in [-0.2, -0.15) is 5.26 Å². The highest BCUT2D eigenvalue weighted by Crippen LogP contribution is 2.28. The Kier molecular flexibility index (Phi) is 9.33. The molecular weight excluding hydrogens is 389 g/mol. The van der Waals surface area contributed by atoms with E-state index in [0.717, 1.165) is 38.3 Å². The third-order valence-corrected chi connectivity index (χ3v) is 6.09. The molecular formula is C26H34FN3O. The van der Waals surface area contributed by atoms with Crippen LogP contribution in [0.15, 0.2) is 48.5 Å². The van der Waals surface area contributed by atoms with Crippen molar-refractivity contribution in [3.05, 3.63) is 65.5 Å². The van der Waals surface area contributed by atoms with Crippen molar-refractivity contribution < 1.29 is 9.13 Å². The summed E-state index contributed by atoms with van der Waals surface area (Å²) in [4.78, 5) is 5.04. The minimum atomic E-state index is -0.241. The molecule has 1 unspecified atom stereocenters. The Labute approximate surface area is 186 Å². The van der Waals surface area contributed by atoms with Crippen molar-refractivity contribution in [1.29, 1.82) is 5.26 Å². The van der Waals surface area contributed by atoms with Crippen LogP contribution in [0.2, 0.25) is 0 Å². The lowest BCUT2D eigenvalue weighted by molar-refractivity contribution is 0.0817. The minimum Gasteiger partial charge on any atom is -0.492 e. The van der Waals surface area contributed by atoms with Crippen LogP contribution in [0.4, 0.5) is 4.39 Å². The Morgan fingerprint density at radius 3 is 2.32 bits per heavy atom. The number of piperazine rings is 1. The van der Waals surface area contributed by atoms with Crippen LogP contribution in [0.25, 0.3) is 0 Å². The van der Waals surface area contributed by atoms with E-state index in [9.17, 15) is 4.39 Å². The van der Waals surface area contributed by atoms with Crippen LogP contribution in [0.1, 0.15) is 56.2 Å². The van der Waals surface area contributed by atoms with Crippen LogP contribution < -0.4 is 4.74 Å². The summed E-state index contributed by atoms with van der Waals surface area (Å²) in [6.45, 7) is 7.86. The number of ether oxygens (including phenoxy) is 1. The molecule has 0 spiro atoms. The van der Waals surface area contributed by atoms with Crippen molar-refractivity contribution >= 4 is 0 Å². The molecule has 1 aliphatic rings. The van der Waals surface area contributed by atoms with Crippen molar-refractivity contribution in [2.45, 2.75) is 45.1 Å². The molecule has 2 aromatic carbocycles. The largest absolute Gasteiger partial charge is 0.492 e. The lowest BCUT2D eigenvalue weighted by Crippen LogP contribution is -2.48. The van der Waals surface area contributed by atoms with Gasteiger partial charge in [0.05, 0.1) is 11.6 Å². The number of unbranched alkanes of at least 4 members (excludes halogenated alkanes) is 3. The van der Waals surface area contributed by atoms with Crippen LogP contribution in [0.3, 0.4) is 0 Å². The highest BCUT2D eigenvalue weighted by atomic mass is 19.1. The zero-order chi connectivity index (χ0) is 21.9. The lowest BCUT2D eigenvalue weighted by atomic mass is 9.97. The highest BCUT2D eigenvalue weighted by Gasteiger charge is 2.24. The average molecular weight is 424 g/mol. The van der Waals surface area contributed by atoms with Gasteiger partial charge < -0.3 is 4.74 Å². The highest BCUT2D eigenvalue weighted by molar-refractivity contribution is 5.33. The van der Waals surface area contributed by atoms with E-state index in [1.165, 1.54) is 49.8 Å². The number of nitrogens with zero attached hydrogens (tertiary/aromatic N) is 3. The Balaban J connectivity index is 1.50. The van der Waals surface area contributed by atoms with Crippen LogP contribution in [-0.2, 0) is 0 Å². The topological polar surface area (TPSA) is 39.5 Å². The van der Waals surface area contributed by atoms with Gasteiger partial charge in [0.25, 0.3) is 0 Å². The van der Waals surface area contributed by atoms with E-state index in [4.69, 9.17) is 10.00 Å². The molecule has 2 aromatic rings. The number of halogens is 1. The van der Waals surface area contributed by atoms with E-state index < -0.39 is 0 Å². The molecule has 1 fully saturated rings. The smallest absolute Gasteiger partial charge is 0.123 e. The fourth-order valence-electron chi connectivity index (χ4n) is 4.23. The average Bonchev–Trinajstić information content (AvgIpc) is 2.81. The Morgan fingerprint density at radius 2 is 1.68 bits per heavy atom. The molecule has 1 saturated heterocycles. The third-order valence-electron chi connectivity index (χ3n) is 6.09. The molecule has 1 heterocycles. The molecule has 5 heteroatoms. The third kappa shape index (κ3) is 7.34. The molecule has 0 bridgehead atoms. The van der Waals surface area contributed by atoms with E-state index in [-0.39, 0.29) is 5.82 Å². The lowest BCUT2D eigenvalue weighted by Gasteiger charge is -2.39. The van der Waals surface area contributed by atoms with Gasteiger partial charge in [0.1, 0.15) is 18.2 Å². The summed E-state index contributed by atoms with van der Waals surface area (Å²) in [6, 6.07) is 17.0. The van der Waals surface area contributed by atoms with Gasteiger partial charge in [0, 0.05) is 38.8 Å². The molecule has 0 saturated carbocycles. The van der Waals surface area contributed by atoms with Crippen molar-refractivity contribution in [3.63, 3.8) is 0 Å². The van der Waals surface area contributed by atoms with Gasteiger partial charge in [-0.05, 0) is 48.4 Å². The first-order valence-corrected chi connectivity index (χ1v) is 11.5. The second-order valence-electron chi connectivity index (χ2n) is 8.28. The van der Waals surface area contributed by atoms with Crippen molar-refractivity contribution in [2.75, 3.05) is 39.3 Å². The van der Waals surface area contributed by atoms with Gasteiger partial charge in [-0.3, -0.25) is 9.80 Å². The molecule has 0 amide bonds. The summed E-state index contributed by atoms with van der Waals surface area (Å²) in [5.41, 5.74) is 2.04. The first-order valence-electron chi connectivity index (χ1n) is 11.5. The van der Waals surface area contributed by atoms with Crippen molar-refractivity contribution in [2.24, 2.45) is 0 Å². The van der Waals surface area contributed by atoms with Gasteiger partial charge in [0.2, 0.25) is 0 Å². The summed E-state index contributed by atoms with van der Waals surface area (Å²) < 4.78 is 18.8. The number of hydrogen-bond donors (Lipinski definition) is 0.